The van der Waals surface area contributed by atoms with Gasteiger partial charge in [-0.05, 0) is 18.2 Å². The van der Waals surface area contributed by atoms with E-state index in [0.29, 0.717) is 11.3 Å². The molecule has 2 amide bonds. The average molecular weight is 559 g/mol. The fourth-order valence-corrected chi connectivity index (χ4v) is 5.56. The van der Waals surface area contributed by atoms with Crippen LogP contribution in [-0.2, 0) is 31.0 Å². The molecular weight excluding hydrogens is 536 g/mol. The quantitative estimate of drug-likeness (QED) is 0.124. The highest BCUT2D eigenvalue weighted by atomic mass is 32.2. The Morgan fingerprint density at radius 3 is 2.87 bits per heavy atom. The first-order valence-corrected chi connectivity index (χ1v) is 12.9. The number of esters is 1. The van der Waals surface area contributed by atoms with Crippen LogP contribution in [0.5, 0.6) is 0 Å². The largest absolute Gasteiger partial charge is 0.543 e. The third-order valence-corrected chi connectivity index (χ3v) is 7.32. The maximum atomic E-state index is 12.9. The van der Waals surface area contributed by atoms with Gasteiger partial charge in [0.25, 0.3) is 11.8 Å². The van der Waals surface area contributed by atoms with E-state index in [-0.39, 0.29) is 33.7 Å². The summed E-state index contributed by atoms with van der Waals surface area (Å²) in [5, 5.41) is 19.9. The van der Waals surface area contributed by atoms with E-state index in [1.807, 2.05) is 0 Å². The van der Waals surface area contributed by atoms with Crippen molar-refractivity contribution in [3.8, 4) is 0 Å². The smallest absolute Gasteiger partial charge is 0.344 e. The zero-order valence-corrected chi connectivity index (χ0v) is 21.8. The monoisotopic (exact) mass is 558 g/mol. The fourth-order valence-electron chi connectivity index (χ4n) is 3.81. The number of aryl methyl sites for hydroxylation is 1. The molecule has 0 unspecified atom stereocenters. The molecule has 4 rings (SSSR count). The first-order valence-electron chi connectivity index (χ1n) is 11.0. The Morgan fingerprint density at radius 1 is 1.42 bits per heavy atom. The van der Waals surface area contributed by atoms with Crippen LogP contribution >= 0.6 is 23.1 Å². The number of nitrogens with zero attached hydrogens (tertiary/aromatic N) is 4. The lowest BCUT2D eigenvalue weighted by molar-refractivity contribution is -0.671. The molecule has 1 saturated heterocycles. The number of carboxylic acid groups (broad SMARTS) is 1. The van der Waals surface area contributed by atoms with Gasteiger partial charge in [0.15, 0.2) is 23.2 Å². The topological polar surface area (TPSA) is 180 Å². The molecule has 1 fully saturated rings. The minimum Gasteiger partial charge on any atom is -0.543 e. The number of carbonyl (C=O) groups is 4. The Morgan fingerprint density at radius 2 is 2.21 bits per heavy atom. The molecule has 13 nitrogen and oxygen atoms in total. The maximum Gasteiger partial charge on any atom is 0.344 e. The predicted octanol–water partition coefficient (Wildman–Crippen LogP) is -1.28. The number of hydrogen-bond donors (Lipinski definition) is 2. The number of aliphatic carboxylic acids is 1. The van der Waals surface area contributed by atoms with Gasteiger partial charge in [-0.2, -0.15) is 0 Å². The molecule has 2 aromatic rings. The molecule has 0 spiro atoms. The van der Waals surface area contributed by atoms with E-state index in [2.05, 4.69) is 15.5 Å². The Labute approximate surface area is 224 Å². The van der Waals surface area contributed by atoms with Crippen molar-refractivity contribution >= 4 is 57.7 Å². The van der Waals surface area contributed by atoms with E-state index in [0.717, 1.165) is 16.2 Å². The number of oxime groups is 1. The van der Waals surface area contributed by atoms with Crippen molar-refractivity contribution in [2.45, 2.75) is 12.1 Å². The van der Waals surface area contributed by atoms with Gasteiger partial charge in [0.2, 0.25) is 0 Å². The highest BCUT2D eigenvalue weighted by Crippen LogP contribution is 2.39. The van der Waals surface area contributed by atoms with Crippen molar-refractivity contribution in [1.29, 1.82) is 0 Å². The predicted molar refractivity (Wildman–Crippen MR) is 134 cm³/mol. The third-order valence-electron chi connectivity index (χ3n) is 5.50. The Kier molecular flexibility index (Phi) is 8.07. The first-order chi connectivity index (χ1) is 18.2. The number of thiazole rings is 1. The van der Waals surface area contributed by atoms with Crippen molar-refractivity contribution < 1.29 is 38.4 Å². The number of β-lactam (4-membered cyclic amide) rings is 1. The van der Waals surface area contributed by atoms with E-state index in [1.165, 1.54) is 36.4 Å². The number of carbonyl (C=O) groups excluding carboxylic acids is 4. The number of carboxylic acids is 1. The van der Waals surface area contributed by atoms with Crippen LogP contribution in [0.2, 0.25) is 0 Å². The van der Waals surface area contributed by atoms with Crippen LogP contribution in [0.4, 0.5) is 5.13 Å². The number of nitrogen functional groups attached to an aromatic ring is 1. The summed E-state index contributed by atoms with van der Waals surface area (Å²) >= 11 is 2.28. The van der Waals surface area contributed by atoms with Crippen molar-refractivity contribution in [3.63, 3.8) is 0 Å². The van der Waals surface area contributed by atoms with Gasteiger partial charge in [-0.1, -0.05) is 5.16 Å². The molecule has 2 atom stereocenters. The van der Waals surface area contributed by atoms with E-state index in [4.69, 9.17) is 15.3 Å². The minimum atomic E-state index is -1.55. The molecule has 0 saturated carbocycles. The van der Waals surface area contributed by atoms with E-state index in [9.17, 15) is 24.3 Å². The summed E-state index contributed by atoms with van der Waals surface area (Å²) in [5.74, 6) is -3.13. The van der Waals surface area contributed by atoms with Crippen molar-refractivity contribution in [1.82, 2.24) is 15.2 Å². The van der Waals surface area contributed by atoms with Gasteiger partial charge >= 0.3 is 5.97 Å². The molecule has 198 valence electrons. The van der Waals surface area contributed by atoms with Gasteiger partial charge in [-0.15, -0.1) is 23.1 Å². The molecule has 0 aromatic carbocycles. The number of pyridine rings is 1. The van der Waals surface area contributed by atoms with E-state index < -0.39 is 35.8 Å². The van der Waals surface area contributed by atoms with E-state index >= 15 is 0 Å². The summed E-state index contributed by atoms with van der Waals surface area (Å²) in [6.45, 7) is -0.110. The highest BCUT2D eigenvalue weighted by Gasteiger charge is 2.52. The number of fused-ring (bicyclic) bond motifs is 1. The Balaban J connectivity index is 1.42. The fraction of sp³-hybridized carbons (Fsp3) is 0.261. The van der Waals surface area contributed by atoms with E-state index in [1.54, 1.807) is 36.1 Å². The SMILES string of the molecule is CON=C(C(=O)N[C@@H]1C(=O)N2C(C(=O)[O-])=C(/C=C/COC(=O)c3ccc[n+](C)c3)SC[C@H]12)c1csc(N)n1. The number of nitrogens with two attached hydrogens (primary N) is 1. The standard InChI is InChI=1S/C23H22N6O7S2/c1-28-7-3-5-12(9-28)22(34)36-8-4-6-15-18(21(32)33)29-14(11-37-15)17(20(29)31)26-19(30)16(27-35-2)13-10-38-23(24)25-13/h3-7,9-10,14,17H,8,11H2,1-2H3,(H3-,24,25,26,30,32,33)/b6-4+,27-16?/t14-,17+/m1/s1. The summed E-state index contributed by atoms with van der Waals surface area (Å²) in [6.07, 6.45) is 6.32. The summed E-state index contributed by atoms with van der Waals surface area (Å²) in [7, 11) is 3.03. The average Bonchev–Trinajstić information content (AvgIpc) is 3.32. The zero-order valence-electron chi connectivity index (χ0n) is 20.2. The second kappa shape index (κ2) is 11.4. The van der Waals surface area contributed by atoms with Gasteiger partial charge in [0.1, 0.15) is 38.1 Å². The van der Waals surface area contributed by atoms with Crippen LogP contribution in [0.25, 0.3) is 0 Å². The van der Waals surface area contributed by atoms with Gasteiger partial charge < -0.3 is 35.4 Å². The second-order valence-corrected chi connectivity index (χ2v) is 9.94. The zero-order chi connectivity index (χ0) is 27.4. The van der Waals surface area contributed by atoms with Crippen LogP contribution in [0.1, 0.15) is 16.1 Å². The lowest BCUT2D eigenvalue weighted by atomic mass is 9.94. The van der Waals surface area contributed by atoms with Gasteiger partial charge in [0, 0.05) is 22.1 Å². The molecule has 2 aromatic heterocycles. The van der Waals surface area contributed by atoms with Crippen LogP contribution in [0.15, 0.2) is 57.8 Å². The lowest BCUT2D eigenvalue weighted by Crippen LogP contribution is -2.73. The normalized spacial score (nSPS) is 19.2. The second-order valence-electron chi connectivity index (χ2n) is 7.99. The number of nitrogens with one attached hydrogen (secondary N) is 1. The van der Waals surface area contributed by atoms with Crippen molar-refractivity contribution in [3.05, 3.63) is 63.9 Å². The molecule has 38 heavy (non-hydrogen) atoms. The number of allylic oxidation sites excluding steroid dienone is 1. The van der Waals surface area contributed by atoms with Crippen molar-refractivity contribution in [2.24, 2.45) is 12.2 Å². The summed E-state index contributed by atoms with van der Waals surface area (Å²) in [4.78, 5) is 59.9. The minimum absolute atomic E-state index is 0.110. The molecule has 3 N–H and O–H groups in total. The van der Waals surface area contributed by atoms with Crippen LogP contribution < -0.4 is 20.7 Å². The molecule has 4 heterocycles. The third kappa shape index (κ3) is 5.52. The summed E-state index contributed by atoms with van der Waals surface area (Å²) in [5.41, 5.74) is 5.68. The number of aromatic nitrogens is 2. The number of amides is 2. The van der Waals surface area contributed by atoms with Gasteiger partial charge in [0.05, 0.1) is 17.7 Å². The van der Waals surface area contributed by atoms with Crippen LogP contribution in [0, 0.1) is 0 Å². The molecule has 2 aliphatic rings. The molecule has 0 aliphatic carbocycles. The first kappa shape index (κ1) is 26.8. The molecule has 0 radical (unpaired) electrons. The maximum absolute atomic E-state index is 12.9. The number of thioether (sulfide) groups is 1. The number of hydrogen-bond acceptors (Lipinski definition) is 12. The number of anilines is 1. The molecular formula is C23H22N6O7S2. The molecule has 0 bridgehead atoms. The molecule has 15 heteroatoms. The summed E-state index contributed by atoms with van der Waals surface area (Å²) in [6, 6.07) is 1.71. The molecule has 2 aliphatic heterocycles. The number of ether oxygens (including phenoxy) is 1. The number of rotatable bonds is 9. The van der Waals surface area contributed by atoms with Gasteiger partial charge in [-0.3, -0.25) is 9.59 Å². The van der Waals surface area contributed by atoms with Crippen LogP contribution in [0.3, 0.4) is 0 Å². The highest BCUT2D eigenvalue weighted by molar-refractivity contribution is 8.03. The Hall–Kier alpha value is -4.24. The Bertz CT molecular complexity index is 1390. The van der Waals surface area contributed by atoms with Crippen molar-refractivity contribution in [2.75, 3.05) is 25.2 Å². The lowest BCUT2D eigenvalue weighted by Gasteiger charge is -2.50. The van der Waals surface area contributed by atoms with Crippen LogP contribution in [-0.4, -0.2) is 70.9 Å². The van der Waals surface area contributed by atoms with Gasteiger partial charge in [-0.25, -0.2) is 14.3 Å². The summed E-state index contributed by atoms with van der Waals surface area (Å²) < 4.78 is 6.91.